The van der Waals surface area contributed by atoms with Gasteiger partial charge in [0.2, 0.25) is 0 Å². The lowest BCUT2D eigenvalue weighted by Gasteiger charge is -2.18. The second kappa shape index (κ2) is 7.04. The van der Waals surface area contributed by atoms with Gasteiger partial charge >= 0.3 is 11.4 Å². The van der Waals surface area contributed by atoms with E-state index in [0.29, 0.717) is 5.75 Å². The maximum atomic E-state index is 10.6. The van der Waals surface area contributed by atoms with E-state index in [1.165, 1.54) is 0 Å². The summed E-state index contributed by atoms with van der Waals surface area (Å²) in [6.07, 6.45) is -0.431. The summed E-state index contributed by atoms with van der Waals surface area (Å²) in [5.41, 5.74) is 0.886. The van der Waals surface area contributed by atoms with E-state index >= 15 is 0 Å². The number of hydrogen-bond donors (Lipinski definition) is 1. The number of para-hydroxylation sites is 1. The van der Waals surface area contributed by atoms with E-state index in [-0.39, 0.29) is 6.61 Å². The molecule has 1 N–H and O–H groups in total. The van der Waals surface area contributed by atoms with Gasteiger partial charge in [0.15, 0.2) is 0 Å². The fourth-order valence-electron chi connectivity index (χ4n) is 1.65. The van der Waals surface area contributed by atoms with Crippen LogP contribution >= 0.6 is 0 Å². The minimum Gasteiger partial charge on any atom is -0.483 e. The molecule has 0 aliphatic carbocycles. The Balaban J connectivity index is 2.12. The summed E-state index contributed by atoms with van der Waals surface area (Å²) in [4.78, 5) is 0. The average Bonchev–Trinajstić information content (AvgIpc) is 2.45. The number of ether oxygens (including phenoxy) is 1. The molecule has 0 saturated heterocycles. The lowest BCUT2D eigenvalue weighted by atomic mass is 10.1. The molecule has 2 aromatic rings. The Morgan fingerprint density at radius 2 is 1.58 bits per heavy atom. The van der Waals surface area contributed by atoms with Crippen molar-refractivity contribution < 1.29 is 17.7 Å². The summed E-state index contributed by atoms with van der Waals surface area (Å²) in [6, 6.07) is 18.7. The van der Waals surface area contributed by atoms with Gasteiger partial charge in [-0.2, -0.15) is 4.21 Å². The van der Waals surface area contributed by atoms with Crippen molar-refractivity contribution in [3.8, 4) is 5.75 Å². The summed E-state index contributed by atoms with van der Waals surface area (Å²) >= 11 is -2.30. The molecule has 5 heteroatoms. The maximum Gasteiger partial charge on any atom is 0.302 e. The minimum atomic E-state index is -2.30. The molecular formula is C14H14O4S. The second-order valence-corrected chi connectivity index (χ2v) is 4.50. The van der Waals surface area contributed by atoms with Gasteiger partial charge in [-0.15, -0.1) is 0 Å². The molecule has 0 heterocycles. The minimum absolute atomic E-state index is 0.00200. The van der Waals surface area contributed by atoms with E-state index in [2.05, 4.69) is 0 Å². The van der Waals surface area contributed by atoms with Crippen LogP contribution in [0.3, 0.4) is 0 Å². The van der Waals surface area contributed by atoms with Crippen molar-refractivity contribution >= 4 is 11.4 Å². The first-order valence-electron chi connectivity index (χ1n) is 5.76. The van der Waals surface area contributed by atoms with Crippen molar-refractivity contribution in [2.45, 2.75) is 6.10 Å². The third-order valence-corrected chi connectivity index (χ3v) is 2.85. The quantitative estimate of drug-likeness (QED) is 0.825. The largest absolute Gasteiger partial charge is 0.483 e. The molecule has 0 radical (unpaired) electrons. The highest BCUT2D eigenvalue weighted by atomic mass is 32.2. The van der Waals surface area contributed by atoms with Crippen LogP contribution in [0.15, 0.2) is 60.7 Å². The zero-order valence-electron chi connectivity index (χ0n) is 10.1. The Hall–Kier alpha value is -1.69. The fourth-order valence-corrected chi connectivity index (χ4v) is 1.89. The van der Waals surface area contributed by atoms with Crippen molar-refractivity contribution in [2.24, 2.45) is 0 Å². The molecule has 2 rings (SSSR count). The molecule has 0 saturated carbocycles. The van der Waals surface area contributed by atoms with Gasteiger partial charge in [-0.05, 0) is 17.7 Å². The summed E-state index contributed by atoms with van der Waals surface area (Å²) in [7, 11) is 0. The molecule has 0 spiro atoms. The molecule has 0 bridgehead atoms. The first-order chi connectivity index (χ1) is 9.25. The predicted molar refractivity (Wildman–Crippen MR) is 73.0 cm³/mol. The van der Waals surface area contributed by atoms with E-state index < -0.39 is 17.5 Å². The number of hydrogen-bond acceptors (Lipinski definition) is 3. The van der Waals surface area contributed by atoms with E-state index in [1.54, 1.807) is 0 Å². The Kier molecular flexibility index (Phi) is 5.09. The van der Waals surface area contributed by atoms with Crippen LogP contribution in [0.25, 0.3) is 0 Å². The molecular weight excluding hydrogens is 264 g/mol. The zero-order chi connectivity index (χ0) is 13.5. The third kappa shape index (κ3) is 4.48. The van der Waals surface area contributed by atoms with Crippen molar-refractivity contribution in [3.05, 3.63) is 66.2 Å². The predicted octanol–water partition coefficient (Wildman–Crippen LogP) is 2.96. The fraction of sp³-hybridized carbons (Fsp3) is 0.143. The molecule has 0 aromatic heterocycles. The lowest BCUT2D eigenvalue weighted by Crippen LogP contribution is -2.15. The summed E-state index contributed by atoms with van der Waals surface area (Å²) in [5.74, 6) is 0.684. The topological polar surface area (TPSA) is 55.8 Å². The molecule has 4 nitrogen and oxygen atoms in total. The van der Waals surface area contributed by atoms with E-state index in [4.69, 9.17) is 13.5 Å². The van der Waals surface area contributed by atoms with Crippen LogP contribution in [0.2, 0.25) is 0 Å². The van der Waals surface area contributed by atoms with Gasteiger partial charge < -0.3 is 4.74 Å². The van der Waals surface area contributed by atoms with Gasteiger partial charge in [-0.1, -0.05) is 48.5 Å². The Labute approximate surface area is 114 Å². The first-order valence-corrected chi connectivity index (χ1v) is 6.79. The van der Waals surface area contributed by atoms with Crippen LogP contribution < -0.4 is 4.74 Å². The van der Waals surface area contributed by atoms with Gasteiger partial charge in [0, 0.05) is 0 Å². The van der Waals surface area contributed by atoms with Crippen molar-refractivity contribution in [3.63, 3.8) is 0 Å². The van der Waals surface area contributed by atoms with Gasteiger partial charge in [0.1, 0.15) is 18.5 Å². The van der Waals surface area contributed by atoms with Gasteiger partial charge in [0.25, 0.3) is 0 Å². The molecule has 0 aliphatic heterocycles. The highest BCUT2D eigenvalue weighted by molar-refractivity contribution is 7.74. The number of benzene rings is 2. The third-order valence-electron chi connectivity index (χ3n) is 2.51. The molecule has 0 aliphatic rings. The zero-order valence-corrected chi connectivity index (χ0v) is 11.0. The van der Waals surface area contributed by atoms with Crippen LogP contribution in [0.1, 0.15) is 11.7 Å². The van der Waals surface area contributed by atoms with Gasteiger partial charge in [0.05, 0.1) is 0 Å². The van der Waals surface area contributed by atoms with Crippen LogP contribution in [-0.4, -0.2) is 15.4 Å². The summed E-state index contributed by atoms with van der Waals surface area (Å²) in [6.45, 7) is 0.00200. The highest BCUT2D eigenvalue weighted by Crippen LogP contribution is 2.22. The first kappa shape index (κ1) is 13.7. The Bertz CT molecular complexity index is 515. The molecule has 0 fully saturated rings. The normalized spacial score (nSPS) is 13.7. The summed E-state index contributed by atoms with van der Waals surface area (Å²) < 4.78 is 29.8. The Morgan fingerprint density at radius 1 is 1.00 bits per heavy atom. The van der Waals surface area contributed by atoms with Gasteiger partial charge in [-0.3, -0.25) is 8.74 Å². The highest BCUT2D eigenvalue weighted by Gasteiger charge is 2.15. The monoisotopic (exact) mass is 278 g/mol. The van der Waals surface area contributed by atoms with Crippen LogP contribution in [0.5, 0.6) is 5.75 Å². The van der Waals surface area contributed by atoms with Crippen LogP contribution in [0, 0.1) is 0 Å². The van der Waals surface area contributed by atoms with Crippen molar-refractivity contribution in [1.29, 1.82) is 0 Å². The number of rotatable bonds is 6. The standard InChI is InChI=1S/C14H14O4S/c15-19(16)17-11-14(12-7-3-1-4-8-12)18-13-9-5-2-6-10-13/h1-10,14H,11H2,(H,15,16). The van der Waals surface area contributed by atoms with E-state index in [0.717, 1.165) is 5.56 Å². The second-order valence-electron chi connectivity index (χ2n) is 3.83. The van der Waals surface area contributed by atoms with E-state index in [9.17, 15) is 4.21 Å². The smallest absolute Gasteiger partial charge is 0.302 e. The molecule has 0 amide bonds. The van der Waals surface area contributed by atoms with Crippen LogP contribution in [0.4, 0.5) is 0 Å². The molecule has 2 unspecified atom stereocenters. The molecule has 2 atom stereocenters. The Morgan fingerprint density at radius 3 is 2.16 bits per heavy atom. The molecule has 100 valence electrons. The van der Waals surface area contributed by atoms with Crippen LogP contribution in [-0.2, 0) is 15.5 Å². The summed E-state index contributed by atoms with van der Waals surface area (Å²) in [5, 5.41) is 0. The van der Waals surface area contributed by atoms with Crippen molar-refractivity contribution in [1.82, 2.24) is 0 Å². The maximum absolute atomic E-state index is 10.6. The lowest BCUT2D eigenvalue weighted by molar-refractivity contribution is 0.131. The average molecular weight is 278 g/mol. The van der Waals surface area contributed by atoms with E-state index in [1.807, 2.05) is 60.7 Å². The van der Waals surface area contributed by atoms with Crippen molar-refractivity contribution in [2.75, 3.05) is 6.61 Å². The molecule has 19 heavy (non-hydrogen) atoms. The molecule has 2 aromatic carbocycles. The SMILES string of the molecule is O=S(O)OCC(Oc1ccccc1)c1ccccc1. The van der Waals surface area contributed by atoms with Gasteiger partial charge in [-0.25, -0.2) is 0 Å².